The highest BCUT2D eigenvalue weighted by Crippen LogP contribution is 2.35. The Hall–Kier alpha value is -6.06. The van der Waals surface area contributed by atoms with Gasteiger partial charge in [-0.1, -0.05) is 24.3 Å². The van der Waals surface area contributed by atoms with Crippen LogP contribution in [0.1, 0.15) is 72.7 Å². The van der Waals surface area contributed by atoms with E-state index in [0.29, 0.717) is 61.9 Å². The molecule has 4 aliphatic heterocycles. The summed E-state index contributed by atoms with van der Waals surface area (Å²) in [6.45, 7) is 5.84. The second-order valence-electron chi connectivity index (χ2n) is 16.6. The molecule has 8 rings (SSSR count). The number of alkyl halides is 1. The number of carbonyl (C=O) groups excluding carboxylic acids is 3. The van der Waals surface area contributed by atoms with Crippen molar-refractivity contribution in [3.8, 4) is 5.75 Å². The minimum Gasteiger partial charge on any atom is -0.507 e. The van der Waals surface area contributed by atoms with Gasteiger partial charge in [0.15, 0.2) is 0 Å². The minimum atomic E-state index is -1.36. The number of allylic oxidation sites excluding steroid dienone is 1. The number of halogens is 1. The number of piperidine rings is 2. The number of urea groups is 1. The van der Waals surface area contributed by atoms with Crippen LogP contribution in [0.25, 0.3) is 16.6 Å². The summed E-state index contributed by atoms with van der Waals surface area (Å²) < 4.78 is 24.8. The molecule has 14 nitrogen and oxygen atoms in total. The van der Waals surface area contributed by atoms with Crippen LogP contribution in [0, 0.1) is 0 Å². The van der Waals surface area contributed by atoms with E-state index in [9.17, 15) is 19.5 Å². The molecule has 4 amide bonds. The molecule has 4 saturated heterocycles. The predicted molar refractivity (Wildman–Crippen MR) is 228 cm³/mol. The average molecular weight is 820 g/mol. The molecule has 4 aromatic rings. The summed E-state index contributed by atoms with van der Waals surface area (Å²) in [4.78, 5) is 45.2. The van der Waals surface area contributed by atoms with E-state index in [2.05, 4.69) is 27.0 Å². The summed E-state index contributed by atoms with van der Waals surface area (Å²) in [5.41, 5.74) is 22.0. The summed E-state index contributed by atoms with van der Waals surface area (Å²) in [5, 5.41) is 13.7. The van der Waals surface area contributed by atoms with Gasteiger partial charge in [0, 0.05) is 117 Å². The van der Waals surface area contributed by atoms with Gasteiger partial charge in [-0.15, -0.1) is 0 Å². The molecule has 15 heteroatoms. The quantitative estimate of drug-likeness (QED) is 0.145. The molecule has 0 radical (unpaired) electrons. The standard InChI is InChI=1S/C45H54FN9O5/c1-29-27-60-40(26-55(29)38(42(48)49)25-36(47)35-4-2-3-5-39(35)56)30-6-8-31(9-7-30)43(58)52-22-16-45(46,17-23-52)28-51-18-13-33(14-19-51)53-20-12-32-24-34(10-11-37(32)53)54-21-15-41(57)50-44(54)59/h2-12,20,24-25,29,33,40,56H,13-19,21-23,26-28,47-49H2,1H3,(H,50,57,59)/b36-25-. The third-order valence-electron chi connectivity index (χ3n) is 12.5. The second kappa shape index (κ2) is 16.9. The molecule has 5 heterocycles. The molecule has 0 saturated carbocycles. The van der Waals surface area contributed by atoms with Crippen molar-refractivity contribution >= 4 is 40.1 Å². The zero-order chi connectivity index (χ0) is 42.1. The lowest BCUT2D eigenvalue weighted by Gasteiger charge is -2.41. The lowest BCUT2D eigenvalue weighted by atomic mass is 9.91. The molecule has 3 aromatic carbocycles. The number of nitrogens with two attached hydrogens (primary N) is 3. The topological polar surface area (TPSA) is 189 Å². The Morgan fingerprint density at radius 1 is 0.967 bits per heavy atom. The number of imide groups is 1. The van der Waals surface area contributed by atoms with Crippen molar-refractivity contribution in [3.05, 3.63) is 113 Å². The number of fused-ring (bicyclic) bond motifs is 1. The van der Waals surface area contributed by atoms with Gasteiger partial charge in [-0.3, -0.25) is 19.8 Å². The molecule has 0 spiro atoms. The number of hydrogen-bond acceptors (Lipinski definition) is 10. The van der Waals surface area contributed by atoms with Gasteiger partial charge in [0.1, 0.15) is 23.3 Å². The number of hydrogen-bond donors (Lipinski definition) is 5. The van der Waals surface area contributed by atoms with Crippen molar-refractivity contribution in [2.45, 2.75) is 62.9 Å². The summed E-state index contributed by atoms with van der Waals surface area (Å²) in [6.07, 6.45) is 6.08. The van der Waals surface area contributed by atoms with E-state index in [-0.39, 0.29) is 60.8 Å². The van der Waals surface area contributed by atoms with Gasteiger partial charge in [0.2, 0.25) is 5.91 Å². The molecule has 0 aliphatic carbocycles. The molecule has 1 aromatic heterocycles. The van der Waals surface area contributed by atoms with Crippen molar-refractivity contribution in [1.82, 2.24) is 24.6 Å². The second-order valence-corrected chi connectivity index (χ2v) is 16.6. The molecule has 2 atom stereocenters. The van der Waals surface area contributed by atoms with Crippen LogP contribution in [-0.2, 0) is 9.53 Å². The number of rotatable bonds is 9. The fourth-order valence-corrected chi connectivity index (χ4v) is 9.07. The highest BCUT2D eigenvalue weighted by molar-refractivity contribution is 6.06. The van der Waals surface area contributed by atoms with Crippen molar-refractivity contribution < 1.29 is 28.6 Å². The molecule has 4 aliphatic rings. The number of amides is 4. The number of morpholine rings is 1. The Labute approximate surface area is 349 Å². The maximum atomic E-state index is 16.3. The summed E-state index contributed by atoms with van der Waals surface area (Å²) in [7, 11) is 0. The van der Waals surface area contributed by atoms with E-state index in [4.69, 9.17) is 21.9 Å². The van der Waals surface area contributed by atoms with Crippen LogP contribution in [0.4, 0.5) is 14.9 Å². The third-order valence-corrected chi connectivity index (χ3v) is 12.5. The fraction of sp³-hybridized carbons (Fsp3) is 0.400. The van der Waals surface area contributed by atoms with Crippen LogP contribution in [0.3, 0.4) is 0 Å². The Balaban J connectivity index is 0.826. The molecule has 2 unspecified atom stereocenters. The summed E-state index contributed by atoms with van der Waals surface area (Å²) >= 11 is 0. The van der Waals surface area contributed by atoms with E-state index in [1.54, 1.807) is 52.3 Å². The zero-order valence-electron chi connectivity index (χ0n) is 33.9. The third kappa shape index (κ3) is 8.50. The lowest BCUT2D eigenvalue weighted by Crippen LogP contribution is -2.51. The molecule has 60 heavy (non-hydrogen) atoms. The first-order chi connectivity index (χ1) is 28.9. The highest BCUT2D eigenvalue weighted by Gasteiger charge is 2.39. The molecular formula is C45H54FN9O5. The number of benzene rings is 3. The SMILES string of the molecule is CC1COC(c2ccc(C(=O)N3CCC(F)(CN4CCC(n5ccc6cc(N7CCC(=O)NC7=O)ccc65)CC4)CC3)cc2)CN1C(/C=C(\N)c1ccccc1O)=C(N)N. The fourth-order valence-electron chi connectivity index (χ4n) is 9.07. The largest absolute Gasteiger partial charge is 0.507 e. The number of phenols is 1. The van der Waals surface area contributed by atoms with Crippen LogP contribution >= 0.6 is 0 Å². The van der Waals surface area contributed by atoms with Gasteiger partial charge in [-0.2, -0.15) is 0 Å². The highest BCUT2D eigenvalue weighted by atomic mass is 19.1. The molecule has 0 bridgehead atoms. The van der Waals surface area contributed by atoms with Gasteiger partial charge < -0.3 is 46.3 Å². The first-order valence-corrected chi connectivity index (χ1v) is 20.8. The molecule has 316 valence electrons. The number of para-hydroxylation sites is 1. The zero-order valence-corrected chi connectivity index (χ0v) is 33.9. The average Bonchev–Trinajstić information content (AvgIpc) is 3.67. The van der Waals surface area contributed by atoms with E-state index in [0.717, 1.165) is 48.1 Å². The van der Waals surface area contributed by atoms with E-state index >= 15 is 4.39 Å². The molecular weight excluding hydrogens is 766 g/mol. The molecule has 8 N–H and O–H groups in total. The Morgan fingerprint density at radius 3 is 2.40 bits per heavy atom. The number of nitrogens with zero attached hydrogens (tertiary/aromatic N) is 5. The number of likely N-dealkylation sites (tertiary alicyclic amines) is 2. The first-order valence-electron chi connectivity index (χ1n) is 20.8. The number of ether oxygens (including phenoxy) is 1. The number of aromatic hydroxyl groups is 1. The lowest BCUT2D eigenvalue weighted by molar-refractivity contribution is -0.120. The smallest absolute Gasteiger partial charge is 0.328 e. The van der Waals surface area contributed by atoms with Gasteiger partial charge >= 0.3 is 6.03 Å². The maximum Gasteiger partial charge on any atom is 0.328 e. The van der Waals surface area contributed by atoms with Crippen molar-refractivity contribution in [3.63, 3.8) is 0 Å². The van der Waals surface area contributed by atoms with Gasteiger partial charge in [-0.05, 0) is 79.9 Å². The van der Waals surface area contributed by atoms with Crippen molar-refractivity contribution in [1.29, 1.82) is 0 Å². The normalized spacial score (nSPS) is 21.9. The summed E-state index contributed by atoms with van der Waals surface area (Å²) in [5.74, 6) is -0.222. The number of nitrogens with one attached hydrogen (secondary N) is 1. The van der Waals surface area contributed by atoms with E-state index < -0.39 is 11.7 Å². The molecule has 4 fully saturated rings. The minimum absolute atomic E-state index is 0.0542. The van der Waals surface area contributed by atoms with Crippen LogP contribution in [0.5, 0.6) is 5.75 Å². The number of phenolic OH excluding ortho intramolecular Hbond substituents is 1. The van der Waals surface area contributed by atoms with Crippen LogP contribution in [0.15, 0.2) is 96.6 Å². The van der Waals surface area contributed by atoms with Crippen molar-refractivity contribution in [2.24, 2.45) is 17.2 Å². The van der Waals surface area contributed by atoms with Gasteiger partial charge in [-0.25, -0.2) is 9.18 Å². The van der Waals surface area contributed by atoms with Gasteiger partial charge in [0.25, 0.3) is 5.91 Å². The monoisotopic (exact) mass is 819 g/mol. The number of anilines is 1. The Bertz CT molecular complexity index is 2310. The maximum absolute atomic E-state index is 16.3. The van der Waals surface area contributed by atoms with Crippen LogP contribution in [0.2, 0.25) is 0 Å². The number of carbonyl (C=O) groups is 3. The van der Waals surface area contributed by atoms with Crippen LogP contribution in [-0.4, -0.2) is 106 Å². The Kier molecular flexibility index (Phi) is 11.5. The van der Waals surface area contributed by atoms with Crippen LogP contribution < -0.4 is 27.4 Å². The Morgan fingerprint density at radius 2 is 1.70 bits per heavy atom. The van der Waals surface area contributed by atoms with E-state index in [1.165, 1.54) is 0 Å². The first kappa shape index (κ1) is 40.7. The summed E-state index contributed by atoms with van der Waals surface area (Å²) in [6, 6.07) is 22.0. The van der Waals surface area contributed by atoms with E-state index in [1.807, 2.05) is 42.2 Å². The number of aromatic nitrogens is 1. The predicted octanol–water partition coefficient (Wildman–Crippen LogP) is 4.92. The van der Waals surface area contributed by atoms with Crippen molar-refractivity contribution in [2.75, 3.05) is 57.3 Å². The van der Waals surface area contributed by atoms with Gasteiger partial charge in [0.05, 0.1) is 12.3 Å².